The van der Waals surface area contributed by atoms with Crippen LogP contribution in [-0.4, -0.2) is 12.5 Å². The third kappa shape index (κ3) is 4.13. The minimum absolute atomic E-state index is 0.0835. The largest absolute Gasteiger partial charge is 0.483 e. The van der Waals surface area contributed by atoms with E-state index in [1.807, 2.05) is 31.2 Å². The van der Waals surface area contributed by atoms with Crippen molar-refractivity contribution in [1.82, 2.24) is 0 Å². The first-order valence-corrected chi connectivity index (χ1v) is 7.32. The van der Waals surface area contributed by atoms with E-state index in [4.69, 9.17) is 27.9 Å². The van der Waals surface area contributed by atoms with Crippen molar-refractivity contribution in [3.63, 3.8) is 0 Å². The number of ether oxygens (including phenoxy) is 1. The summed E-state index contributed by atoms with van der Waals surface area (Å²) in [7, 11) is 0. The molecule has 110 valence electrons. The number of hydrogen-bond donors (Lipinski definition) is 1. The summed E-state index contributed by atoms with van der Waals surface area (Å²) in [5.41, 5.74) is 1.53. The number of para-hydroxylation sites is 1. The zero-order chi connectivity index (χ0) is 15.2. The fourth-order valence-electron chi connectivity index (χ4n) is 1.87. The van der Waals surface area contributed by atoms with Gasteiger partial charge < -0.3 is 10.1 Å². The maximum absolute atomic E-state index is 11.9. The van der Waals surface area contributed by atoms with E-state index in [1.54, 1.807) is 18.2 Å². The summed E-state index contributed by atoms with van der Waals surface area (Å²) < 4.78 is 5.54. The third-order valence-corrected chi connectivity index (χ3v) is 3.76. The van der Waals surface area contributed by atoms with Crippen LogP contribution in [0.1, 0.15) is 12.5 Å². The van der Waals surface area contributed by atoms with Gasteiger partial charge in [-0.3, -0.25) is 4.79 Å². The van der Waals surface area contributed by atoms with Crippen molar-refractivity contribution in [2.75, 3.05) is 11.9 Å². The molecule has 0 fully saturated rings. The van der Waals surface area contributed by atoms with Gasteiger partial charge in [0.2, 0.25) is 0 Å². The van der Waals surface area contributed by atoms with Crippen molar-refractivity contribution in [1.29, 1.82) is 0 Å². The number of nitrogens with one attached hydrogen (secondary N) is 1. The van der Waals surface area contributed by atoms with Gasteiger partial charge in [-0.1, -0.05) is 54.4 Å². The predicted molar refractivity (Wildman–Crippen MR) is 86.4 cm³/mol. The Hall–Kier alpha value is -1.71. The second-order valence-corrected chi connectivity index (χ2v) is 5.18. The molecule has 3 nitrogen and oxygen atoms in total. The van der Waals surface area contributed by atoms with Crippen LogP contribution >= 0.6 is 23.2 Å². The molecule has 0 saturated carbocycles. The second kappa shape index (κ2) is 7.34. The molecule has 0 aromatic heterocycles. The van der Waals surface area contributed by atoms with Crippen molar-refractivity contribution in [2.24, 2.45) is 0 Å². The normalized spacial score (nSPS) is 10.2. The van der Waals surface area contributed by atoms with Gasteiger partial charge in [0.15, 0.2) is 6.61 Å². The lowest BCUT2D eigenvalue weighted by Gasteiger charge is -2.11. The van der Waals surface area contributed by atoms with Crippen LogP contribution in [0.4, 0.5) is 5.69 Å². The van der Waals surface area contributed by atoms with E-state index in [-0.39, 0.29) is 12.5 Å². The molecule has 0 radical (unpaired) electrons. The monoisotopic (exact) mass is 323 g/mol. The lowest BCUT2D eigenvalue weighted by Crippen LogP contribution is -2.20. The molecular formula is C16H15Cl2NO2. The van der Waals surface area contributed by atoms with Gasteiger partial charge in [-0.05, 0) is 30.2 Å². The Kier molecular flexibility index (Phi) is 5.48. The molecule has 0 heterocycles. The average molecular weight is 324 g/mol. The Morgan fingerprint density at radius 1 is 1.14 bits per heavy atom. The average Bonchev–Trinajstić information content (AvgIpc) is 2.50. The molecule has 1 N–H and O–H groups in total. The van der Waals surface area contributed by atoms with Crippen LogP contribution in [-0.2, 0) is 11.2 Å². The Labute approximate surface area is 133 Å². The maximum Gasteiger partial charge on any atom is 0.262 e. The quantitative estimate of drug-likeness (QED) is 0.875. The molecule has 0 atom stereocenters. The molecule has 0 aliphatic heterocycles. The first kappa shape index (κ1) is 15.7. The van der Waals surface area contributed by atoms with Crippen molar-refractivity contribution in [3.05, 3.63) is 58.1 Å². The van der Waals surface area contributed by atoms with Gasteiger partial charge in [-0.15, -0.1) is 0 Å². The number of rotatable bonds is 5. The van der Waals surface area contributed by atoms with E-state index < -0.39 is 0 Å². The van der Waals surface area contributed by atoms with Crippen LogP contribution in [0.5, 0.6) is 5.75 Å². The number of aryl methyl sites for hydroxylation is 1. The molecule has 21 heavy (non-hydrogen) atoms. The lowest BCUT2D eigenvalue weighted by atomic mass is 10.1. The summed E-state index contributed by atoms with van der Waals surface area (Å²) >= 11 is 11.9. The van der Waals surface area contributed by atoms with Gasteiger partial charge in [-0.2, -0.15) is 0 Å². The highest BCUT2D eigenvalue weighted by molar-refractivity contribution is 6.43. The second-order valence-electron chi connectivity index (χ2n) is 4.40. The molecule has 0 bridgehead atoms. The van der Waals surface area contributed by atoms with E-state index in [1.165, 1.54) is 0 Å². The van der Waals surface area contributed by atoms with Crippen molar-refractivity contribution < 1.29 is 9.53 Å². The molecule has 0 unspecified atom stereocenters. The topological polar surface area (TPSA) is 38.3 Å². The summed E-state index contributed by atoms with van der Waals surface area (Å²) in [6.45, 7) is 1.95. The Balaban J connectivity index is 1.98. The van der Waals surface area contributed by atoms with E-state index in [0.717, 1.165) is 12.0 Å². The fourth-order valence-corrected chi connectivity index (χ4v) is 2.21. The van der Waals surface area contributed by atoms with Gasteiger partial charge >= 0.3 is 0 Å². The van der Waals surface area contributed by atoms with Crippen molar-refractivity contribution in [3.8, 4) is 5.75 Å². The van der Waals surface area contributed by atoms with E-state index >= 15 is 0 Å². The number of anilines is 1. The Bertz CT molecular complexity index is 644. The van der Waals surface area contributed by atoms with Crippen LogP contribution < -0.4 is 10.1 Å². The van der Waals surface area contributed by atoms with Crippen molar-refractivity contribution in [2.45, 2.75) is 13.3 Å². The number of carbonyl (C=O) groups is 1. The highest BCUT2D eigenvalue weighted by Gasteiger charge is 2.09. The summed E-state index contributed by atoms with van der Waals surface area (Å²) in [6.07, 6.45) is 0.845. The molecule has 2 aromatic carbocycles. The molecule has 2 aromatic rings. The van der Waals surface area contributed by atoms with E-state index in [9.17, 15) is 4.79 Å². The summed E-state index contributed by atoms with van der Waals surface area (Å²) in [5.74, 6) is 0.428. The van der Waals surface area contributed by atoms with Gasteiger partial charge in [0.05, 0.1) is 15.7 Å². The molecule has 2 rings (SSSR count). The van der Waals surface area contributed by atoms with Crippen LogP contribution in [0.3, 0.4) is 0 Å². The first-order chi connectivity index (χ1) is 10.1. The predicted octanol–water partition coefficient (Wildman–Crippen LogP) is 4.57. The standard InChI is InChI=1S/C16H15Cl2NO2/c1-2-11-6-3-4-9-14(11)21-10-15(20)19-13-8-5-7-12(17)16(13)18/h3-9H,2,10H2,1H3,(H,19,20). The SMILES string of the molecule is CCc1ccccc1OCC(=O)Nc1cccc(Cl)c1Cl. The zero-order valence-electron chi connectivity index (χ0n) is 11.5. The lowest BCUT2D eigenvalue weighted by molar-refractivity contribution is -0.118. The molecule has 0 aliphatic rings. The Morgan fingerprint density at radius 2 is 1.90 bits per heavy atom. The molecule has 0 saturated heterocycles. The first-order valence-electron chi connectivity index (χ1n) is 6.56. The number of carbonyl (C=O) groups excluding carboxylic acids is 1. The summed E-state index contributed by atoms with van der Waals surface area (Å²) in [4.78, 5) is 11.9. The van der Waals surface area contributed by atoms with Gasteiger partial charge in [0.25, 0.3) is 5.91 Å². The van der Waals surface area contributed by atoms with Gasteiger partial charge in [-0.25, -0.2) is 0 Å². The number of benzene rings is 2. The molecule has 1 amide bonds. The number of halogens is 2. The fraction of sp³-hybridized carbons (Fsp3) is 0.188. The minimum atomic E-state index is -0.287. The highest BCUT2D eigenvalue weighted by Crippen LogP contribution is 2.29. The minimum Gasteiger partial charge on any atom is -0.483 e. The zero-order valence-corrected chi connectivity index (χ0v) is 13.0. The molecular weight excluding hydrogens is 309 g/mol. The highest BCUT2D eigenvalue weighted by atomic mass is 35.5. The van der Waals surface area contributed by atoms with Crippen LogP contribution in [0.15, 0.2) is 42.5 Å². The molecule has 0 aliphatic carbocycles. The van der Waals surface area contributed by atoms with E-state index in [2.05, 4.69) is 5.32 Å². The molecule has 5 heteroatoms. The van der Waals surface area contributed by atoms with Crippen LogP contribution in [0, 0.1) is 0 Å². The number of hydrogen-bond acceptors (Lipinski definition) is 2. The third-order valence-electron chi connectivity index (χ3n) is 2.94. The van der Waals surface area contributed by atoms with Gasteiger partial charge in [0, 0.05) is 0 Å². The van der Waals surface area contributed by atoms with Crippen LogP contribution in [0.25, 0.3) is 0 Å². The molecule has 0 spiro atoms. The van der Waals surface area contributed by atoms with E-state index in [0.29, 0.717) is 21.5 Å². The summed E-state index contributed by atoms with van der Waals surface area (Å²) in [5, 5.41) is 3.39. The smallest absolute Gasteiger partial charge is 0.262 e. The van der Waals surface area contributed by atoms with Crippen molar-refractivity contribution >= 4 is 34.8 Å². The van der Waals surface area contributed by atoms with Gasteiger partial charge in [0.1, 0.15) is 5.75 Å². The summed E-state index contributed by atoms with van der Waals surface area (Å²) in [6, 6.07) is 12.7. The maximum atomic E-state index is 11.9. The number of amides is 1. The van der Waals surface area contributed by atoms with Crippen LogP contribution in [0.2, 0.25) is 10.0 Å². The Morgan fingerprint density at radius 3 is 2.67 bits per heavy atom.